The average molecular weight is 557 g/mol. The van der Waals surface area contributed by atoms with Crippen LogP contribution in [0.2, 0.25) is 0 Å². The third kappa shape index (κ3) is 14.0. The molecule has 0 aliphatic rings. The van der Waals surface area contributed by atoms with E-state index in [1.165, 1.54) is 89.9 Å². The lowest BCUT2D eigenvalue weighted by molar-refractivity contribution is 0.304. The first-order valence-electron chi connectivity index (χ1n) is 15.2. The Morgan fingerprint density at radius 2 is 0.737 bits per heavy atom. The van der Waals surface area contributed by atoms with Crippen molar-refractivity contribution in [2.75, 3.05) is 13.2 Å². The average Bonchev–Trinajstić information content (AvgIpc) is 2.95. The van der Waals surface area contributed by atoms with Gasteiger partial charge in [0.2, 0.25) is 0 Å². The van der Waals surface area contributed by atoms with Crippen LogP contribution in [0.3, 0.4) is 0 Å². The Morgan fingerprint density at radius 3 is 1.05 bits per heavy atom. The number of ether oxygens (including phenoxy) is 2. The molecule has 0 unspecified atom stereocenters. The highest BCUT2D eigenvalue weighted by Gasteiger charge is 2.07. The predicted molar refractivity (Wildman–Crippen MR) is 174 cm³/mol. The van der Waals surface area contributed by atoms with Gasteiger partial charge in [-0.2, -0.15) is 0 Å². The van der Waals surface area contributed by atoms with Gasteiger partial charge in [0.15, 0.2) is 0 Å². The molecule has 0 heterocycles. The fraction of sp³-hybridized carbons (Fsp3) is 0.588. The first-order chi connectivity index (χ1) is 18.7. The maximum Gasteiger partial charge on any atom is 0.119 e. The predicted octanol–water partition coefficient (Wildman–Crippen LogP) is 11.4. The van der Waals surface area contributed by atoms with Crippen LogP contribution in [-0.4, -0.2) is 13.2 Å². The number of hydrogen-bond donors (Lipinski definition) is 2. The zero-order valence-corrected chi connectivity index (χ0v) is 25.8. The van der Waals surface area contributed by atoms with E-state index < -0.39 is 0 Å². The molecule has 0 amide bonds. The summed E-state index contributed by atoms with van der Waals surface area (Å²) >= 11 is 9.54. The van der Waals surface area contributed by atoms with Gasteiger partial charge in [0.25, 0.3) is 0 Å². The van der Waals surface area contributed by atoms with Crippen molar-refractivity contribution in [3.63, 3.8) is 0 Å². The van der Waals surface area contributed by atoms with Crippen LogP contribution < -0.4 is 9.47 Å². The third-order valence-electron chi connectivity index (χ3n) is 7.01. The summed E-state index contributed by atoms with van der Waals surface area (Å²) in [6.07, 6.45) is 21.0. The van der Waals surface area contributed by atoms with Gasteiger partial charge in [0, 0.05) is 9.81 Å². The Morgan fingerprint density at radius 1 is 0.447 bits per heavy atom. The molecular weight excluding hydrogens is 505 g/mol. The van der Waals surface area contributed by atoms with E-state index in [9.17, 15) is 0 Å². The van der Waals surface area contributed by atoms with Gasteiger partial charge in [-0.15, -0.1) is 25.3 Å². The Labute approximate surface area is 244 Å². The summed E-state index contributed by atoms with van der Waals surface area (Å²) < 4.78 is 11.9. The first-order valence-corrected chi connectivity index (χ1v) is 16.1. The summed E-state index contributed by atoms with van der Waals surface area (Å²) in [4.78, 5) is 1.71. The standard InChI is InChI=1S/C34H52O2S2/c1-3-5-7-9-11-13-15-17-27-35-31-23-19-29(20-24-31)33(37)34(38)30-21-25-32(26-22-30)36-28-18-16-14-12-10-8-6-4-2/h19-26,37-38H,3-18,27-28H2,1-2H3/b34-33-. The maximum atomic E-state index is 5.94. The third-order valence-corrected chi connectivity index (χ3v) is 8.15. The Bertz CT molecular complexity index is 801. The molecule has 0 fully saturated rings. The van der Waals surface area contributed by atoms with Crippen molar-refractivity contribution in [3.05, 3.63) is 59.7 Å². The van der Waals surface area contributed by atoms with Crippen LogP contribution in [0, 0.1) is 0 Å². The Balaban J connectivity index is 1.69. The zero-order chi connectivity index (χ0) is 27.3. The second-order valence-electron chi connectivity index (χ2n) is 10.4. The van der Waals surface area contributed by atoms with Crippen molar-refractivity contribution in [3.8, 4) is 11.5 Å². The Kier molecular flexibility index (Phi) is 18.3. The van der Waals surface area contributed by atoms with Crippen molar-refractivity contribution in [1.29, 1.82) is 0 Å². The molecule has 0 aliphatic heterocycles. The minimum Gasteiger partial charge on any atom is -0.494 e. The molecule has 212 valence electrons. The van der Waals surface area contributed by atoms with Crippen LogP contribution in [0.4, 0.5) is 0 Å². The minimum absolute atomic E-state index is 0.781. The van der Waals surface area contributed by atoms with E-state index in [4.69, 9.17) is 34.7 Å². The molecule has 2 rings (SSSR count). The SMILES string of the molecule is CCCCCCCCCCOc1ccc(/C(S)=C(/S)c2ccc(OCCCCCCCCCC)cc2)cc1. The van der Waals surface area contributed by atoms with Gasteiger partial charge in [0.05, 0.1) is 13.2 Å². The van der Waals surface area contributed by atoms with Crippen LogP contribution in [0.15, 0.2) is 48.5 Å². The monoisotopic (exact) mass is 556 g/mol. The second kappa shape index (κ2) is 21.3. The van der Waals surface area contributed by atoms with Crippen LogP contribution in [0.25, 0.3) is 9.81 Å². The fourth-order valence-corrected chi connectivity index (χ4v) is 5.10. The molecule has 0 spiro atoms. The van der Waals surface area contributed by atoms with E-state index in [-0.39, 0.29) is 0 Å². The highest BCUT2D eigenvalue weighted by molar-refractivity contribution is 7.96. The topological polar surface area (TPSA) is 18.5 Å². The van der Waals surface area contributed by atoms with E-state index in [2.05, 4.69) is 38.1 Å². The molecule has 0 aliphatic carbocycles. The smallest absolute Gasteiger partial charge is 0.119 e. The van der Waals surface area contributed by atoms with Crippen molar-refractivity contribution >= 4 is 35.1 Å². The van der Waals surface area contributed by atoms with Crippen molar-refractivity contribution in [2.24, 2.45) is 0 Å². The van der Waals surface area contributed by atoms with Crippen LogP contribution >= 0.6 is 25.3 Å². The van der Waals surface area contributed by atoms with Gasteiger partial charge in [-0.25, -0.2) is 0 Å². The van der Waals surface area contributed by atoms with E-state index in [0.717, 1.165) is 58.5 Å². The molecule has 2 nitrogen and oxygen atoms in total. The first kappa shape index (κ1) is 32.7. The molecular formula is C34H52O2S2. The van der Waals surface area contributed by atoms with Gasteiger partial charge >= 0.3 is 0 Å². The molecule has 0 bridgehead atoms. The molecule has 2 aromatic carbocycles. The minimum atomic E-state index is 0.781. The lowest BCUT2D eigenvalue weighted by Crippen LogP contribution is -1.97. The lowest BCUT2D eigenvalue weighted by Gasteiger charge is -2.11. The highest BCUT2D eigenvalue weighted by Crippen LogP contribution is 2.33. The quantitative estimate of drug-likeness (QED) is 0.0853. The summed E-state index contributed by atoms with van der Waals surface area (Å²) in [7, 11) is 0. The van der Waals surface area contributed by atoms with Crippen LogP contribution in [0.1, 0.15) is 128 Å². The highest BCUT2D eigenvalue weighted by atomic mass is 32.1. The van der Waals surface area contributed by atoms with E-state index in [1.54, 1.807) is 0 Å². The number of thiol groups is 2. The number of rotatable bonds is 22. The van der Waals surface area contributed by atoms with Gasteiger partial charge in [-0.3, -0.25) is 0 Å². The molecule has 0 saturated heterocycles. The summed E-state index contributed by atoms with van der Waals surface area (Å²) in [6, 6.07) is 16.3. The summed E-state index contributed by atoms with van der Waals surface area (Å²) in [5.41, 5.74) is 2.07. The number of benzene rings is 2. The van der Waals surface area contributed by atoms with Gasteiger partial charge in [-0.05, 0) is 48.2 Å². The summed E-state index contributed by atoms with van der Waals surface area (Å²) in [6.45, 7) is 6.09. The molecule has 0 aromatic heterocycles. The van der Waals surface area contributed by atoms with E-state index in [1.807, 2.05) is 24.3 Å². The Hall–Kier alpha value is -1.52. The summed E-state index contributed by atoms with van der Waals surface area (Å²) in [5.74, 6) is 1.83. The number of unbranched alkanes of at least 4 members (excludes halogenated alkanes) is 14. The van der Waals surface area contributed by atoms with Crippen molar-refractivity contribution in [1.82, 2.24) is 0 Å². The zero-order valence-electron chi connectivity index (χ0n) is 24.1. The molecule has 2 aromatic rings. The summed E-state index contributed by atoms with van der Waals surface area (Å²) in [5, 5.41) is 0. The second-order valence-corrected chi connectivity index (χ2v) is 11.3. The maximum absolute atomic E-state index is 5.94. The molecule has 0 radical (unpaired) electrons. The van der Waals surface area contributed by atoms with Crippen molar-refractivity contribution < 1.29 is 9.47 Å². The lowest BCUT2D eigenvalue weighted by atomic mass is 10.1. The van der Waals surface area contributed by atoms with Crippen LogP contribution in [0.5, 0.6) is 11.5 Å². The molecule has 0 atom stereocenters. The fourth-order valence-electron chi connectivity index (χ4n) is 4.54. The number of hydrogen-bond acceptors (Lipinski definition) is 4. The molecule has 4 heteroatoms. The van der Waals surface area contributed by atoms with E-state index in [0.29, 0.717) is 0 Å². The van der Waals surface area contributed by atoms with Crippen LogP contribution in [-0.2, 0) is 0 Å². The molecule has 0 saturated carbocycles. The molecule has 0 N–H and O–H groups in total. The molecule has 38 heavy (non-hydrogen) atoms. The van der Waals surface area contributed by atoms with Crippen molar-refractivity contribution in [2.45, 2.75) is 117 Å². The van der Waals surface area contributed by atoms with Gasteiger partial charge in [0.1, 0.15) is 11.5 Å². The normalized spacial score (nSPS) is 11.9. The van der Waals surface area contributed by atoms with Gasteiger partial charge in [-0.1, -0.05) is 128 Å². The van der Waals surface area contributed by atoms with E-state index >= 15 is 0 Å². The largest absolute Gasteiger partial charge is 0.494 e. The van der Waals surface area contributed by atoms with Gasteiger partial charge < -0.3 is 9.47 Å².